The molecule has 0 aliphatic carbocycles. The molecule has 0 aromatic carbocycles. The van der Waals surface area contributed by atoms with E-state index in [0.717, 1.165) is 0 Å². The quantitative estimate of drug-likeness (QED) is 0.817. The number of carbonyl (C=O) groups excluding carboxylic acids is 2. The van der Waals surface area contributed by atoms with Gasteiger partial charge in [0.1, 0.15) is 6.04 Å². The summed E-state index contributed by atoms with van der Waals surface area (Å²) < 4.78 is 0. The van der Waals surface area contributed by atoms with Gasteiger partial charge in [-0.3, -0.25) is 4.79 Å². The van der Waals surface area contributed by atoms with Gasteiger partial charge in [0.05, 0.1) is 0 Å². The summed E-state index contributed by atoms with van der Waals surface area (Å²) >= 11 is 0. The Kier molecular flexibility index (Phi) is 6.34. The maximum absolute atomic E-state index is 12.3. The molecular formula is C16H26N6O2. The van der Waals surface area contributed by atoms with E-state index in [0.29, 0.717) is 44.6 Å². The average molecular weight is 334 g/mol. The number of piperazine rings is 1. The van der Waals surface area contributed by atoms with Gasteiger partial charge in [-0.05, 0) is 18.9 Å². The maximum atomic E-state index is 12.3. The minimum Gasteiger partial charge on any atom is -0.354 e. The Hall–Kier alpha value is -2.38. The first-order valence-corrected chi connectivity index (χ1v) is 8.32. The molecule has 24 heavy (non-hydrogen) atoms. The van der Waals surface area contributed by atoms with Crippen molar-refractivity contribution in [1.82, 2.24) is 25.5 Å². The summed E-state index contributed by atoms with van der Waals surface area (Å²) in [5.74, 6) is 0.900. The van der Waals surface area contributed by atoms with Crippen LogP contribution in [0.4, 0.5) is 10.7 Å². The Labute approximate surface area is 142 Å². The first-order valence-electron chi connectivity index (χ1n) is 8.32. The van der Waals surface area contributed by atoms with Crippen molar-refractivity contribution in [3.8, 4) is 0 Å². The highest BCUT2D eigenvalue weighted by Gasteiger charge is 2.24. The molecule has 3 amide bonds. The van der Waals surface area contributed by atoms with Gasteiger partial charge in [0.15, 0.2) is 0 Å². The summed E-state index contributed by atoms with van der Waals surface area (Å²) in [6, 6.07) is 1.02. The van der Waals surface area contributed by atoms with Crippen molar-refractivity contribution in [3.63, 3.8) is 0 Å². The van der Waals surface area contributed by atoms with Crippen LogP contribution in [0.2, 0.25) is 0 Å². The summed E-state index contributed by atoms with van der Waals surface area (Å²) in [5, 5.41) is 5.57. The van der Waals surface area contributed by atoms with Crippen LogP contribution in [0.25, 0.3) is 0 Å². The van der Waals surface area contributed by atoms with Crippen LogP contribution >= 0.6 is 0 Å². The Bertz CT molecular complexity index is 543. The molecule has 0 spiro atoms. The zero-order valence-electron chi connectivity index (χ0n) is 14.5. The van der Waals surface area contributed by atoms with Gasteiger partial charge in [0, 0.05) is 45.1 Å². The third-order valence-electron chi connectivity index (χ3n) is 3.82. The molecule has 1 fully saturated rings. The van der Waals surface area contributed by atoms with Crippen LogP contribution < -0.4 is 15.5 Å². The van der Waals surface area contributed by atoms with Crippen LogP contribution in [0.1, 0.15) is 20.8 Å². The Morgan fingerprint density at radius 1 is 1.12 bits per heavy atom. The van der Waals surface area contributed by atoms with Crippen molar-refractivity contribution < 1.29 is 9.59 Å². The maximum Gasteiger partial charge on any atom is 0.318 e. The molecule has 8 nitrogen and oxygen atoms in total. The number of aromatic nitrogens is 2. The number of nitrogens with one attached hydrogen (secondary N) is 2. The van der Waals surface area contributed by atoms with E-state index in [1.807, 2.05) is 18.7 Å². The smallest absolute Gasteiger partial charge is 0.318 e. The zero-order valence-corrected chi connectivity index (χ0v) is 14.5. The second kappa shape index (κ2) is 8.47. The van der Waals surface area contributed by atoms with E-state index < -0.39 is 6.04 Å². The van der Waals surface area contributed by atoms with Crippen molar-refractivity contribution in [2.75, 3.05) is 37.6 Å². The van der Waals surface area contributed by atoms with E-state index in [-0.39, 0.29) is 11.9 Å². The lowest BCUT2D eigenvalue weighted by Gasteiger charge is -2.35. The second-order valence-corrected chi connectivity index (χ2v) is 6.33. The minimum atomic E-state index is -0.549. The van der Waals surface area contributed by atoms with Crippen molar-refractivity contribution in [2.45, 2.75) is 26.8 Å². The highest BCUT2D eigenvalue weighted by molar-refractivity contribution is 5.86. The van der Waals surface area contributed by atoms with E-state index in [2.05, 4.69) is 20.6 Å². The topological polar surface area (TPSA) is 90.5 Å². The molecule has 2 heterocycles. The molecule has 132 valence electrons. The molecule has 0 unspecified atom stereocenters. The Morgan fingerprint density at radius 3 is 2.33 bits per heavy atom. The van der Waals surface area contributed by atoms with Crippen molar-refractivity contribution in [1.29, 1.82) is 0 Å². The predicted molar refractivity (Wildman–Crippen MR) is 91.7 cm³/mol. The third-order valence-corrected chi connectivity index (χ3v) is 3.82. The molecule has 2 rings (SSSR count). The fourth-order valence-corrected chi connectivity index (χ4v) is 2.36. The van der Waals surface area contributed by atoms with Crippen LogP contribution in [-0.4, -0.2) is 65.6 Å². The first-order chi connectivity index (χ1) is 11.5. The number of amides is 3. The van der Waals surface area contributed by atoms with Crippen molar-refractivity contribution >= 4 is 17.9 Å². The number of nitrogens with zero attached hydrogens (tertiary/aromatic N) is 4. The predicted octanol–water partition coefficient (Wildman–Crippen LogP) is 0.469. The van der Waals surface area contributed by atoms with E-state index in [9.17, 15) is 9.59 Å². The summed E-state index contributed by atoms with van der Waals surface area (Å²) in [6.07, 6.45) is 3.41. The number of rotatable bonds is 5. The first kappa shape index (κ1) is 18.0. The number of anilines is 1. The number of carbonyl (C=O) groups is 2. The minimum absolute atomic E-state index is 0.159. The van der Waals surface area contributed by atoms with Crippen molar-refractivity contribution in [2.24, 2.45) is 5.92 Å². The van der Waals surface area contributed by atoms with Gasteiger partial charge >= 0.3 is 6.03 Å². The van der Waals surface area contributed by atoms with Crippen LogP contribution in [0.5, 0.6) is 0 Å². The molecule has 1 atom stereocenters. The van der Waals surface area contributed by atoms with E-state index in [1.165, 1.54) is 0 Å². The zero-order chi connectivity index (χ0) is 17.5. The molecule has 1 aromatic heterocycles. The standard InChI is InChI=1S/C16H26N6O2/c1-12(2)11-19-14(23)13(3)20-16(24)22-9-7-21(8-10-22)15-17-5-4-6-18-15/h4-6,12-13H,7-11H2,1-3H3,(H,19,23)(H,20,24)/t13-/m1/s1. The highest BCUT2D eigenvalue weighted by Crippen LogP contribution is 2.09. The molecule has 1 aromatic rings. The molecule has 0 saturated carbocycles. The van der Waals surface area contributed by atoms with Gasteiger partial charge in [-0.15, -0.1) is 0 Å². The summed E-state index contributed by atoms with van der Waals surface area (Å²) in [7, 11) is 0. The average Bonchev–Trinajstić information content (AvgIpc) is 2.60. The summed E-state index contributed by atoms with van der Waals surface area (Å²) in [4.78, 5) is 36.4. The van der Waals surface area contributed by atoms with Crippen molar-refractivity contribution in [3.05, 3.63) is 18.5 Å². The molecule has 0 radical (unpaired) electrons. The highest BCUT2D eigenvalue weighted by atomic mass is 16.2. The lowest BCUT2D eigenvalue weighted by atomic mass is 10.2. The van der Waals surface area contributed by atoms with Crippen LogP contribution in [0.3, 0.4) is 0 Å². The summed E-state index contributed by atoms with van der Waals surface area (Å²) in [5.41, 5.74) is 0. The molecule has 2 N–H and O–H groups in total. The molecule has 1 saturated heterocycles. The lowest BCUT2D eigenvalue weighted by molar-refractivity contribution is -0.122. The second-order valence-electron chi connectivity index (χ2n) is 6.33. The monoisotopic (exact) mass is 334 g/mol. The Balaban J connectivity index is 1.77. The van der Waals surface area contributed by atoms with E-state index >= 15 is 0 Å². The fourth-order valence-electron chi connectivity index (χ4n) is 2.36. The normalized spacial score (nSPS) is 16.0. The van der Waals surface area contributed by atoms with Gasteiger partial charge in [0.25, 0.3) is 0 Å². The van der Waals surface area contributed by atoms with E-state index in [1.54, 1.807) is 30.3 Å². The molecule has 8 heteroatoms. The number of hydrogen-bond acceptors (Lipinski definition) is 5. The third kappa shape index (κ3) is 5.07. The molecule has 1 aliphatic heterocycles. The Morgan fingerprint density at radius 2 is 1.75 bits per heavy atom. The SMILES string of the molecule is CC(C)CNC(=O)[C@@H](C)NC(=O)N1CCN(c2ncccn2)CC1. The molecule has 1 aliphatic rings. The largest absolute Gasteiger partial charge is 0.354 e. The lowest BCUT2D eigenvalue weighted by Crippen LogP contribution is -2.55. The van der Waals surface area contributed by atoms with Gasteiger partial charge in [-0.25, -0.2) is 14.8 Å². The molecule has 0 bridgehead atoms. The number of hydrogen-bond donors (Lipinski definition) is 2. The van der Waals surface area contributed by atoms with Crippen LogP contribution in [0, 0.1) is 5.92 Å². The van der Waals surface area contributed by atoms with Crippen LogP contribution in [-0.2, 0) is 4.79 Å². The van der Waals surface area contributed by atoms with Gasteiger partial charge in [-0.1, -0.05) is 13.8 Å². The summed E-state index contributed by atoms with van der Waals surface area (Å²) in [6.45, 7) is 8.85. The molecular weight excluding hydrogens is 308 g/mol. The van der Waals surface area contributed by atoms with Gasteiger partial charge in [0.2, 0.25) is 11.9 Å². The van der Waals surface area contributed by atoms with Gasteiger partial charge in [-0.2, -0.15) is 0 Å². The van der Waals surface area contributed by atoms with Gasteiger partial charge < -0.3 is 20.4 Å². The van der Waals surface area contributed by atoms with Crippen LogP contribution in [0.15, 0.2) is 18.5 Å². The fraction of sp³-hybridized carbons (Fsp3) is 0.625. The van der Waals surface area contributed by atoms with E-state index in [4.69, 9.17) is 0 Å². The number of urea groups is 1.